The summed E-state index contributed by atoms with van der Waals surface area (Å²) < 4.78 is 50.9. The van der Waals surface area contributed by atoms with E-state index in [1.165, 1.54) is 19.2 Å². The number of allylic oxidation sites excluding steroid dienone is 1. The van der Waals surface area contributed by atoms with Gasteiger partial charge in [0.05, 0.1) is 41.9 Å². The number of amides is 1. The number of hydrogen-bond donors (Lipinski definition) is 2. The van der Waals surface area contributed by atoms with Crippen molar-refractivity contribution in [3.8, 4) is 11.4 Å². The van der Waals surface area contributed by atoms with Crippen LogP contribution in [0.5, 0.6) is 5.75 Å². The number of likely N-dealkylation sites (tertiary alicyclic amines) is 1. The minimum atomic E-state index is -4.00. The molecule has 5 aromatic rings. The molecule has 2 aliphatic rings. The molecule has 4 heterocycles. The smallest absolute Gasteiger partial charge is 0.326 e. The Bertz CT molecular complexity index is 2440. The van der Waals surface area contributed by atoms with Crippen LogP contribution in [0.4, 0.5) is 0 Å². The third-order valence-electron chi connectivity index (χ3n) is 10.7. The third-order valence-corrected chi connectivity index (χ3v) is 12.6. The average molecular weight is 787 g/mol. The molecule has 0 spiro atoms. The van der Waals surface area contributed by atoms with Gasteiger partial charge in [0.1, 0.15) is 5.75 Å². The highest BCUT2D eigenvalue weighted by Gasteiger charge is 2.36. The maximum atomic E-state index is 14.2. The molecule has 0 unspecified atom stereocenters. The van der Waals surface area contributed by atoms with E-state index in [-0.39, 0.29) is 60.0 Å². The largest absolute Gasteiger partial charge is 0.497 e. The Hall–Kier alpha value is -5.42. The fraction of sp³-hybridized carbons (Fsp3) is 0.375. The van der Waals surface area contributed by atoms with Gasteiger partial charge in [-0.05, 0) is 74.4 Å². The van der Waals surface area contributed by atoms with Crippen molar-refractivity contribution in [2.24, 2.45) is 7.05 Å². The maximum absolute atomic E-state index is 14.2. The number of rotatable bonds is 13. The van der Waals surface area contributed by atoms with Crippen molar-refractivity contribution in [2.75, 3.05) is 46.5 Å². The number of methoxy groups -OCH3 is 1. The maximum Gasteiger partial charge on any atom is 0.326 e. The van der Waals surface area contributed by atoms with Gasteiger partial charge in [-0.1, -0.05) is 30.3 Å². The van der Waals surface area contributed by atoms with E-state index in [4.69, 9.17) is 14.2 Å². The number of piperidine rings is 1. The zero-order valence-corrected chi connectivity index (χ0v) is 32.4. The third kappa shape index (κ3) is 7.56. The highest BCUT2D eigenvalue weighted by atomic mass is 32.2. The molecule has 2 aliphatic heterocycles. The summed E-state index contributed by atoms with van der Waals surface area (Å²) in [5.74, 6) is -0.410. The van der Waals surface area contributed by atoms with E-state index in [0.717, 1.165) is 15.3 Å². The zero-order valence-electron chi connectivity index (χ0n) is 31.5. The summed E-state index contributed by atoms with van der Waals surface area (Å²) in [5, 5.41) is 9.75. The first kappa shape index (κ1) is 38.8. The Morgan fingerprint density at radius 2 is 1.68 bits per heavy atom. The molecule has 2 atom stereocenters. The van der Waals surface area contributed by atoms with Crippen LogP contribution in [-0.2, 0) is 31.3 Å². The number of ether oxygens (including phenoxy) is 3. The number of aliphatic hydroxyl groups is 1. The SMILES string of the molecule is COc1ccc(S(=O)(=O)N(CCO)CCO[C@H]2C[C@@H](c3c(C)n(C)n(-c4ccccc4)c3=O)C=C(C(=O)N3CCC(n4c(=O)[nH]c5ccccc54)CC3)O2)cc1. The molecule has 1 fully saturated rings. The molecule has 0 aliphatic carbocycles. The summed E-state index contributed by atoms with van der Waals surface area (Å²) in [5.41, 5.74) is 3.03. The molecule has 2 aromatic heterocycles. The highest BCUT2D eigenvalue weighted by molar-refractivity contribution is 7.89. The number of aliphatic hydroxyl groups excluding tert-OH is 1. The Morgan fingerprint density at radius 1 is 0.982 bits per heavy atom. The van der Waals surface area contributed by atoms with Crippen molar-refractivity contribution in [3.63, 3.8) is 0 Å². The van der Waals surface area contributed by atoms with Crippen LogP contribution in [0.15, 0.2) is 105 Å². The fourth-order valence-electron chi connectivity index (χ4n) is 7.69. The van der Waals surface area contributed by atoms with E-state index in [9.17, 15) is 27.9 Å². The van der Waals surface area contributed by atoms with E-state index < -0.39 is 28.8 Å². The van der Waals surface area contributed by atoms with Crippen molar-refractivity contribution < 1.29 is 32.5 Å². The van der Waals surface area contributed by atoms with E-state index in [1.807, 2.05) is 61.5 Å². The van der Waals surface area contributed by atoms with Gasteiger partial charge in [-0.3, -0.25) is 18.8 Å². The number of aromatic amines is 1. The van der Waals surface area contributed by atoms with Crippen LogP contribution in [0.25, 0.3) is 16.7 Å². The Morgan fingerprint density at radius 3 is 2.38 bits per heavy atom. The molecular weight excluding hydrogens is 741 g/mol. The number of imidazole rings is 1. The number of carbonyl (C=O) groups excluding carboxylic acids is 1. The fourth-order valence-corrected chi connectivity index (χ4v) is 9.11. The van der Waals surface area contributed by atoms with Crippen molar-refractivity contribution in [2.45, 2.75) is 49.3 Å². The first-order valence-electron chi connectivity index (χ1n) is 18.6. The normalized spacial score (nSPS) is 17.9. The lowest BCUT2D eigenvalue weighted by Gasteiger charge is -2.35. The van der Waals surface area contributed by atoms with Crippen LogP contribution < -0.4 is 16.0 Å². The number of nitrogens with zero attached hydrogens (tertiary/aromatic N) is 5. The van der Waals surface area contributed by atoms with Crippen molar-refractivity contribution in [1.82, 2.24) is 28.1 Å². The van der Waals surface area contributed by atoms with Gasteiger partial charge in [0.15, 0.2) is 5.76 Å². The van der Waals surface area contributed by atoms with Crippen LogP contribution >= 0.6 is 0 Å². The Balaban J connectivity index is 1.13. The first-order chi connectivity index (χ1) is 27.0. The summed E-state index contributed by atoms with van der Waals surface area (Å²) in [4.78, 5) is 45.9. The number of carbonyl (C=O) groups is 1. The molecule has 0 saturated carbocycles. The molecule has 15 nitrogen and oxygen atoms in total. The Kier molecular flexibility index (Phi) is 11.3. The lowest BCUT2D eigenvalue weighted by atomic mass is 9.92. The number of sulfonamides is 1. The molecule has 0 radical (unpaired) electrons. The summed E-state index contributed by atoms with van der Waals surface area (Å²) in [6.07, 6.45) is 1.96. The van der Waals surface area contributed by atoms with Crippen molar-refractivity contribution in [1.29, 1.82) is 0 Å². The van der Waals surface area contributed by atoms with Gasteiger partial charge in [0.25, 0.3) is 11.5 Å². The topological polar surface area (TPSA) is 170 Å². The number of aromatic nitrogens is 4. The van der Waals surface area contributed by atoms with Crippen molar-refractivity contribution in [3.05, 3.63) is 123 Å². The minimum Gasteiger partial charge on any atom is -0.497 e. The monoisotopic (exact) mass is 786 g/mol. The summed E-state index contributed by atoms with van der Waals surface area (Å²) in [7, 11) is -0.714. The first-order valence-corrected chi connectivity index (χ1v) is 20.0. The predicted molar refractivity (Wildman–Crippen MR) is 208 cm³/mol. The van der Waals surface area contributed by atoms with Gasteiger partial charge in [0, 0.05) is 62.9 Å². The molecular formula is C40H46N6O9S. The lowest BCUT2D eigenvalue weighted by Crippen LogP contribution is -2.43. The van der Waals surface area contributed by atoms with Gasteiger partial charge in [0.2, 0.25) is 16.3 Å². The summed E-state index contributed by atoms with van der Waals surface area (Å²) in [6.45, 7) is 1.78. The molecule has 1 saturated heterocycles. The molecule has 296 valence electrons. The molecule has 0 bridgehead atoms. The van der Waals surface area contributed by atoms with Crippen molar-refractivity contribution >= 4 is 27.0 Å². The molecule has 16 heteroatoms. The molecule has 56 heavy (non-hydrogen) atoms. The molecule has 7 rings (SSSR count). The summed E-state index contributed by atoms with van der Waals surface area (Å²) in [6, 6.07) is 22.6. The standard InChI is InChI=1S/C40H46N6O9S/c1-27-37(39(49)46(42(27)2)30-9-5-4-6-10-30)28-25-35(38(48)43-19-17-29(18-20-43)45-34-12-8-7-11-33(34)41-40(45)50)55-36(26-28)54-24-22-44(21-23-47)56(51,52)32-15-13-31(53-3)14-16-32/h4-16,25,28-29,36,47H,17-24,26H2,1-3H3,(H,41,50)/t28-,36+/m0/s1. The summed E-state index contributed by atoms with van der Waals surface area (Å²) >= 11 is 0. The van der Waals surface area contributed by atoms with Crippen LogP contribution in [0.3, 0.4) is 0 Å². The van der Waals surface area contributed by atoms with Crippen LogP contribution in [-0.4, -0.2) is 100 Å². The van der Waals surface area contributed by atoms with Gasteiger partial charge < -0.3 is 29.2 Å². The number of para-hydroxylation sites is 3. The quantitative estimate of drug-likeness (QED) is 0.182. The average Bonchev–Trinajstić information content (AvgIpc) is 3.67. The van der Waals surface area contributed by atoms with Crippen LogP contribution in [0.1, 0.15) is 42.5 Å². The number of benzene rings is 3. The molecule has 3 aromatic carbocycles. The van der Waals surface area contributed by atoms with E-state index in [1.54, 1.807) is 44.1 Å². The molecule has 2 N–H and O–H groups in total. The second-order valence-corrected chi connectivity index (χ2v) is 15.8. The van der Waals surface area contributed by atoms with Crippen LogP contribution in [0, 0.1) is 6.92 Å². The highest BCUT2D eigenvalue weighted by Crippen LogP contribution is 2.34. The Labute approximate surface area is 324 Å². The van der Waals surface area contributed by atoms with Crippen LogP contribution in [0.2, 0.25) is 0 Å². The molecule has 1 amide bonds. The van der Waals surface area contributed by atoms with E-state index in [2.05, 4.69) is 4.98 Å². The van der Waals surface area contributed by atoms with Gasteiger partial charge in [-0.15, -0.1) is 0 Å². The second-order valence-electron chi connectivity index (χ2n) is 13.9. The zero-order chi connectivity index (χ0) is 39.6. The predicted octanol–water partition coefficient (Wildman–Crippen LogP) is 3.41. The van der Waals surface area contributed by atoms with Gasteiger partial charge >= 0.3 is 5.69 Å². The second kappa shape index (κ2) is 16.4. The number of fused-ring (bicyclic) bond motifs is 1. The minimum absolute atomic E-state index is 0.0287. The number of hydrogen-bond acceptors (Lipinski definition) is 9. The number of H-pyrrole nitrogens is 1. The van der Waals surface area contributed by atoms with E-state index in [0.29, 0.717) is 48.6 Å². The lowest BCUT2D eigenvalue weighted by molar-refractivity contribution is -0.153. The van der Waals surface area contributed by atoms with Gasteiger partial charge in [-0.25, -0.2) is 17.9 Å². The van der Waals surface area contributed by atoms with E-state index >= 15 is 0 Å². The van der Waals surface area contributed by atoms with Gasteiger partial charge in [-0.2, -0.15) is 4.31 Å². The number of nitrogens with one attached hydrogen (secondary N) is 1.